The van der Waals surface area contributed by atoms with Crippen LogP contribution in [-0.4, -0.2) is 24.7 Å². The average molecular weight is 271 g/mol. The van der Waals surface area contributed by atoms with Crippen molar-refractivity contribution in [1.29, 1.82) is 0 Å². The Labute approximate surface area is 98.4 Å². The molecule has 1 unspecified atom stereocenters. The molecule has 1 aliphatic rings. The summed E-state index contributed by atoms with van der Waals surface area (Å²) in [7, 11) is 0. The highest BCUT2D eigenvalue weighted by atomic mass is 79.9. The van der Waals surface area contributed by atoms with Crippen LogP contribution in [0.5, 0.6) is 0 Å². The lowest BCUT2D eigenvalue weighted by atomic mass is 10.1. The summed E-state index contributed by atoms with van der Waals surface area (Å²) in [5, 5.41) is 3.33. The molecule has 1 aromatic heterocycles. The second-order valence-electron chi connectivity index (χ2n) is 3.89. The predicted octanol–water partition coefficient (Wildman–Crippen LogP) is 1.97. The summed E-state index contributed by atoms with van der Waals surface area (Å²) in [6, 6.07) is 2.04. The number of ether oxygens (including phenoxy) is 1. The predicted molar refractivity (Wildman–Crippen MR) is 62.6 cm³/mol. The number of nitrogens with zero attached hydrogens (tertiary/aromatic N) is 1. The van der Waals surface area contributed by atoms with Crippen molar-refractivity contribution in [3.8, 4) is 0 Å². The van der Waals surface area contributed by atoms with Crippen LogP contribution in [0, 0.1) is 5.92 Å². The number of aromatic nitrogens is 1. The Bertz CT molecular complexity index is 313. The molecular weight excluding hydrogens is 256 g/mol. The Kier molecular flexibility index (Phi) is 4.11. The average Bonchev–Trinajstić information content (AvgIpc) is 2.71. The highest BCUT2D eigenvalue weighted by molar-refractivity contribution is 9.10. The van der Waals surface area contributed by atoms with Gasteiger partial charge in [-0.3, -0.25) is 4.98 Å². The maximum Gasteiger partial charge on any atom is 0.0732 e. The van der Waals surface area contributed by atoms with Crippen LogP contribution in [0.25, 0.3) is 0 Å². The second kappa shape index (κ2) is 5.58. The van der Waals surface area contributed by atoms with Crippen molar-refractivity contribution in [1.82, 2.24) is 10.3 Å². The van der Waals surface area contributed by atoms with Crippen molar-refractivity contribution in [3.63, 3.8) is 0 Å². The monoisotopic (exact) mass is 270 g/mol. The molecule has 4 heteroatoms. The van der Waals surface area contributed by atoms with E-state index in [0.717, 1.165) is 29.7 Å². The van der Waals surface area contributed by atoms with Crippen molar-refractivity contribution >= 4 is 15.9 Å². The summed E-state index contributed by atoms with van der Waals surface area (Å²) in [5.74, 6) is 0.685. The van der Waals surface area contributed by atoms with Gasteiger partial charge in [0.15, 0.2) is 0 Å². The van der Waals surface area contributed by atoms with E-state index in [0.29, 0.717) is 12.5 Å². The lowest BCUT2D eigenvalue weighted by molar-refractivity contribution is 0.0923. The first-order chi connectivity index (χ1) is 7.34. The molecule has 2 rings (SSSR count). The SMILES string of the molecule is Brc1cncc(COCC2CCNC2)c1. The molecule has 0 spiro atoms. The molecule has 82 valence electrons. The quantitative estimate of drug-likeness (QED) is 0.909. The van der Waals surface area contributed by atoms with E-state index in [2.05, 4.69) is 26.2 Å². The Balaban J connectivity index is 1.73. The number of hydrogen-bond donors (Lipinski definition) is 1. The van der Waals surface area contributed by atoms with Crippen LogP contribution in [0.2, 0.25) is 0 Å². The van der Waals surface area contributed by atoms with Gasteiger partial charge in [-0.1, -0.05) is 0 Å². The molecule has 15 heavy (non-hydrogen) atoms. The van der Waals surface area contributed by atoms with Gasteiger partial charge in [0, 0.05) is 23.4 Å². The van der Waals surface area contributed by atoms with Gasteiger partial charge in [-0.05, 0) is 46.4 Å². The molecule has 0 amide bonds. The van der Waals surface area contributed by atoms with Gasteiger partial charge in [0.1, 0.15) is 0 Å². The van der Waals surface area contributed by atoms with Crippen molar-refractivity contribution in [2.24, 2.45) is 5.92 Å². The minimum absolute atomic E-state index is 0.656. The number of halogens is 1. The first-order valence-electron chi connectivity index (χ1n) is 5.22. The van der Waals surface area contributed by atoms with E-state index >= 15 is 0 Å². The molecule has 1 N–H and O–H groups in total. The van der Waals surface area contributed by atoms with Crippen molar-refractivity contribution in [2.75, 3.05) is 19.7 Å². The van der Waals surface area contributed by atoms with Gasteiger partial charge < -0.3 is 10.1 Å². The minimum Gasteiger partial charge on any atom is -0.376 e. The topological polar surface area (TPSA) is 34.1 Å². The zero-order chi connectivity index (χ0) is 10.5. The molecule has 1 fully saturated rings. The maximum absolute atomic E-state index is 5.66. The molecule has 0 bridgehead atoms. The molecule has 0 radical (unpaired) electrons. The highest BCUT2D eigenvalue weighted by Crippen LogP contribution is 2.12. The Morgan fingerprint density at radius 3 is 3.20 bits per heavy atom. The first-order valence-corrected chi connectivity index (χ1v) is 6.02. The number of rotatable bonds is 4. The van der Waals surface area contributed by atoms with Crippen LogP contribution in [0.1, 0.15) is 12.0 Å². The fraction of sp³-hybridized carbons (Fsp3) is 0.545. The highest BCUT2D eigenvalue weighted by Gasteiger charge is 2.13. The summed E-state index contributed by atoms with van der Waals surface area (Å²) in [5.41, 5.74) is 1.12. The molecule has 1 aliphatic heterocycles. The van der Waals surface area contributed by atoms with Crippen LogP contribution in [-0.2, 0) is 11.3 Å². The van der Waals surface area contributed by atoms with Gasteiger partial charge in [-0.25, -0.2) is 0 Å². The standard InChI is InChI=1S/C11H15BrN2O/c12-11-3-10(5-14-6-11)8-15-7-9-1-2-13-4-9/h3,5-6,9,13H,1-2,4,7-8H2. The van der Waals surface area contributed by atoms with E-state index < -0.39 is 0 Å². The zero-order valence-corrected chi connectivity index (χ0v) is 10.2. The summed E-state index contributed by atoms with van der Waals surface area (Å²) >= 11 is 3.39. The fourth-order valence-electron chi connectivity index (χ4n) is 1.73. The van der Waals surface area contributed by atoms with Crippen LogP contribution in [0.4, 0.5) is 0 Å². The van der Waals surface area contributed by atoms with E-state index in [4.69, 9.17) is 4.74 Å². The van der Waals surface area contributed by atoms with Crippen molar-refractivity contribution < 1.29 is 4.74 Å². The van der Waals surface area contributed by atoms with E-state index in [-0.39, 0.29) is 0 Å². The fourth-order valence-corrected chi connectivity index (χ4v) is 2.15. The lowest BCUT2D eigenvalue weighted by Crippen LogP contribution is -2.13. The number of hydrogen-bond acceptors (Lipinski definition) is 3. The Morgan fingerprint density at radius 2 is 2.47 bits per heavy atom. The third-order valence-corrected chi connectivity index (χ3v) is 2.98. The Morgan fingerprint density at radius 1 is 1.53 bits per heavy atom. The van der Waals surface area contributed by atoms with Gasteiger partial charge in [-0.2, -0.15) is 0 Å². The minimum atomic E-state index is 0.656. The van der Waals surface area contributed by atoms with Crippen LogP contribution >= 0.6 is 15.9 Å². The largest absolute Gasteiger partial charge is 0.376 e. The third-order valence-electron chi connectivity index (χ3n) is 2.55. The van der Waals surface area contributed by atoms with E-state index in [1.807, 2.05) is 12.3 Å². The van der Waals surface area contributed by atoms with Gasteiger partial charge in [0.25, 0.3) is 0 Å². The molecule has 3 nitrogen and oxygen atoms in total. The van der Waals surface area contributed by atoms with Crippen LogP contribution in [0.15, 0.2) is 22.9 Å². The van der Waals surface area contributed by atoms with Crippen LogP contribution < -0.4 is 5.32 Å². The normalized spacial score (nSPS) is 20.7. The van der Waals surface area contributed by atoms with Gasteiger partial charge >= 0.3 is 0 Å². The van der Waals surface area contributed by atoms with Gasteiger partial charge in [-0.15, -0.1) is 0 Å². The molecule has 0 aromatic carbocycles. The van der Waals surface area contributed by atoms with Gasteiger partial charge in [0.2, 0.25) is 0 Å². The maximum atomic E-state index is 5.66. The first kappa shape index (κ1) is 11.0. The molecule has 0 aliphatic carbocycles. The van der Waals surface area contributed by atoms with E-state index in [1.54, 1.807) is 6.20 Å². The summed E-state index contributed by atoms with van der Waals surface area (Å²) in [6.45, 7) is 3.73. The molecule has 0 saturated carbocycles. The van der Waals surface area contributed by atoms with E-state index in [9.17, 15) is 0 Å². The number of pyridine rings is 1. The summed E-state index contributed by atoms with van der Waals surface area (Å²) in [4.78, 5) is 4.10. The summed E-state index contributed by atoms with van der Waals surface area (Å²) < 4.78 is 6.66. The van der Waals surface area contributed by atoms with Crippen molar-refractivity contribution in [3.05, 3.63) is 28.5 Å². The molecule has 2 heterocycles. The second-order valence-corrected chi connectivity index (χ2v) is 4.80. The third kappa shape index (κ3) is 3.55. The van der Waals surface area contributed by atoms with Crippen LogP contribution in [0.3, 0.4) is 0 Å². The van der Waals surface area contributed by atoms with E-state index in [1.165, 1.54) is 6.42 Å². The molecule has 1 atom stereocenters. The smallest absolute Gasteiger partial charge is 0.0732 e. The Hall–Kier alpha value is -0.450. The van der Waals surface area contributed by atoms with Gasteiger partial charge in [0.05, 0.1) is 13.2 Å². The molecule has 1 aromatic rings. The molecular formula is C11H15BrN2O. The molecule has 1 saturated heterocycles. The zero-order valence-electron chi connectivity index (χ0n) is 8.58. The van der Waals surface area contributed by atoms with Crippen molar-refractivity contribution in [2.45, 2.75) is 13.0 Å². The lowest BCUT2D eigenvalue weighted by Gasteiger charge is -2.09. The summed E-state index contributed by atoms with van der Waals surface area (Å²) in [6.07, 6.45) is 4.86. The number of nitrogens with one attached hydrogen (secondary N) is 1.